The molecule has 0 radical (unpaired) electrons. The Labute approximate surface area is 115 Å². The van der Waals surface area contributed by atoms with Gasteiger partial charge in [0.15, 0.2) is 11.5 Å². The average Bonchev–Trinajstić information content (AvgIpc) is 1.98. The number of benzene rings is 1. The molecule has 0 aliphatic rings. The summed E-state index contributed by atoms with van der Waals surface area (Å²) in [4.78, 5) is 0. The Bertz CT molecular complexity index is 258. The van der Waals surface area contributed by atoms with E-state index in [1.54, 1.807) is 6.07 Å². The van der Waals surface area contributed by atoms with Gasteiger partial charge in [-0.2, -0.15) is 0 Å². The van der Waals surface area contributed by atoms with Crippen molar-refractivity contribution in [3.8, 4) is 11.5 Å². The summed E-state index contributed by atoms with van der Waals surface area (Å²) < 4.78 is 0. The fourth-order valence-corrected chi connectivity index (χ4v) is 0.891. The third-order valence-electron chi connectivity index (χ3n) is 1.47. The van der Waals surface area contributed by atoms with E-state index in [-0.39, 0.29) is 64.3 Å². The van der Waals surface area contributed by atoms with Crippen LogP contribution in [-0.4, -0.2) is 16.8 Å². The van der Waals surface area contributed by atoms with Crippen molar-refractivity contribution in [1.82, 2.24) is 0 Å². The molecule has 0 aromatic heterocycles. The van der Waals surface area contributed by atoms with Crippen LogP contribution in [0.15, 0.2) is 18.2 Å². The first-order chi connectivity index (χ1) is 5.24. The predicted octanol–water partition coefficient (Wildman–Crippen LogP) is -2.28. The summed E-state index contributed by atoms with van der Waals surface area (Å²) in [7, 11) is 0. The van der Waals surface area contributed by atoms with Crippen molar-refractivity contribution in [2.45, 2.75) is 6.42 Å². The van der Waals surface area contributed by atoms with Gasteiger partial charge in [0.1, 0.15) is 0 Å². The zero-order valence-corrected chi connectivity index (χ0v) is 10.2. The SMILES string of the molecule is NCCc1ccc(O)c(O)c1.[H-].[K+]. The summed E-state index contributed by atoms with van der Waals surface area (Å²) in [6, 6.07) is 4.71. The zero-order chi connectivity index (χ0) is 8.27. The van der Waals surface area contributed by atoms with Crippen LogP contribution in [-0.2, 0) is 6.42 Å². The Balaban J connectivity index is 0. The number of aromatic hydroxyl groups is 2. The maximum atomic E-state index is 9.04. The number of hydrogen-bond donors (Lipinski definition) is 3. The molecule has 1 rings (SSSR count). The summed E-state index contributed by atoms with van der Waals surface area (Å²) in [6.07, 6.45) is 0.716. The van der Waals surface area contributed by atoms with Crippen LogP contribution in [0.1, 0.15) is 6.99 Å². The number of phenolic OH excluding ortho intramolecular Hbond substituents is 2. The third-order valence-corrected chi connectivity index (χ3v) is 1.47. The van der Waals surface area contributed by atoms with E-state index in [2.05, 4.69) is 0 Å². The van der Waals surface area contributed by atoms with Gasteiger partial charge in [-0.05, 0) is 30.7 Å². The predicted molar refractivity (Wildman–Crippen MR) is 43.6 cm³/mol. The minimum absolute atomic E-state index is 0. The van der Waals surface area contributed by atoms with Crippen molar-refractivity contribution in [1.29, 1.82) is 0 Å². The van der Waals surface area contributed by atoms with E-state index in [4.69, 9.17) is 15.9 Å². The summed E-state index contributed by atoms with van der Waals surface area (Å²) in [5, 5.41) is 18.0. The van der Waals surface area contributed by atoms with Gasteiger partial charge in [0.2, 0.25) is 0 Å². The van der Waals surface area contributed by atoms with Crippen LogP contribution >= 0.6 is 0 Å². The minimum atomic E-state index is -0.0919. The van der Waals surface area contributed by atoms with Crippen LogP contribution in [0, 0.1) is 0 Å². The van der Waals surface area contributed by atoms with Crippen molar-refractivity contribution >= 4 is 0 Å². The van der Waals surface area contributed by atoms with Crippen molar-refractivity contribution in [2.75, 3.05) is 6.54 Å². The third kappa shape index (κ3) is 3.43. The number of hydrogen-bond acceptors (Lipinski definition) is 3. The molecule has 0 aliphatic carbocycles. The van der Waals surface area contributed by atoms with Gasteiger partial charge in [-0.1, -0.05) is 6.07 Å². The van der Waals surface area contributed by atoms with E-state index in [1.165, 1.54) is 12.1 Å². The van der Waals surface area contributed by atoms with E-state index in [0.717, 1.165) is 5.56 Å². The molecule has 0 atom stereocenters. The fourth-order valence-electron chi connectivity index (χ4n) is 0.891. The summed E-state index contributed by atoms with van der Waals surface area (Å²) >= 11 is 0. The first kappa shape index (κ1) is 12.4. The number of nitrogens with two attached hydrogens (primary N) is 1. The van der Waals surface area contributed by atoms with Crippen molar-refractivity contribution in [2.24, 2.45) is 5.73 Å². The van der Waals surface area contributed by atoms with Gasteiger partial charge < -0.3 is 17.4 Å². The van der Waals surface area contributed by atoms with E-state index in [0.29, 0.717) is 13.0 Å². The molecule has 62 valence electrons. The first-order valence-electron chi connectivity index (χ1n) is 3.45. The normalized spacial score (nSPS) is 9.08. The summed E-state index contributed by atoms with van der Waals surface area (Å²) in [6.45, 7) is 0.546. The summed E-state index contributed by atoms with van der Waals surface area (Å²) in [5.74, 6) is -0.179. The molecule has 0 heterocycles. The molecule has 1 aromatic rings. The Morgan fingerprint density at radius 3 is 2.42 bits per heavy atom. The van der Waals surface area contributed by atoms with Gasteiger partial charge in [-0.15, -0.1) is 0 Å². The molecule has 1 aromatic carbocycles. The Morgan fingerprint density at radius 2 is 1.92 bits per heavy atom. The molecule has 0 saturated carbocycles. The fraction of sp³-hybridized carbons (Fsp3) is 0.250. The topological polar surface area (TPSA) is 66.5 Å². The second-order valence-electron chi connectivity index (χ2n) is 2.36. The van der Waals surface area contributed by atoms with Crippen LogP contribution in [0.25, 0.3) is 0 Å². The van der Waals surface area contributed by atoms with Crippen molar-refractivity contribution in [3.63, 3.8) is 0 Å². The molecule has 0 bridgehead atoms. The standard InChI is InChI=1S/C8H11NO2.K.H/c9-4-3-6-1-2-7(10)8(11)5-6;;/h1-2,5,10-11H,3-4,9H2;;/q;+1;-1. The first-order valence-corrected chi connectivity index (χ1v) is 3.45. The van der Waals surface area contributed by atoms with Gasteiger partial charge in [0, 0.05) is 0 Å². The van der Waals surface area contributed by atoms with E-state index < -0.39 is 0 Å². The molecule has 0 amide bonds. The molecule has 0 spiro atoms. The van der Waals surface area contributed by atoms with Gasteiger partial charge in [0.25, 0.3) is 0 Å². The van der Waals surface area contributed by atoms with Crippen LogP contribution < -0.4 is 57.1 Å². The smallest absolute Gasteiger partial charge is 1.00 e. The number of rotatable bonds is 2. The molecule has 12 heavy (non-hydrogen) atoms. The molecule has 3 nitrogen and oxygen atoms in total. The van der Waals surface area contributed by atoms with E-state index >= 15 is 0 Å². The van der Waals surface area contributed by atoms with Crippen LogP contribution in [0.3, 0.4) is 0 Å². The Kier molecular flexibility index (Phi) is 6.17. The largest absolute Gasteiger partial charge is 1.00 e. The monoisotopic (exact) mass is 193 g/mol. The van der Waals surface area contributed by atoms with Crippen molar-refractivity contribution in [3.05, 3.63) is 23.8 Å². The van der Waals surface area contributed by atoms with Gasteiger partial charge in [0.05, 0.1) is 0 Å². The van der Waals surface area contributed by atoms with Gasteiger partial charge >= 0.3 is 51.4 Å². The maximum Gasteiger partial charge on any atom is 1.00 e. The molecular formula is C8H12KNO2. The van der Waals surface area contributed by atoms with E-state index in [1.807, 2.05) is 0 Å². The molecule has 0 unspecified atom stereocenters. The maximum absolute atomic E-state index is 9.04. The second-order valence-corrected chi connectivity index (χ2v) is 2.36. The second kappa shape index (κ2) is 5.96. The van der Waals surface area contributed by atoms with Crippen molar-refractivity contribution < 1.29 is 63.0 Å². The zero-order valence-electron chi connectivity index (χ0n) is 8.12. The van der Waals surface area contributed by atoms with Gasteiger partial charge in [-0.25, -0.2) is 0 Å². The molecule has 0 fully saturated rings. The number of phenols is 2. The molecule has 0 saturated heterocycles. The van der Waals surface area contributed by atoms with E-state index in [9.17, 15) is 0 Å². The minimum Gasteiger partial charge on any atom is -1.00 e. The summed E-state index contributed by atoms with van der Waals surface area (Å²) in [5.41, 5.74) is 6.24. The molecule has 4 N–H and O–H groups in total. The Hall–Kier alpha value is 0.416. The van der Waals surface area contributed by atoms with Crippen LogP contribution in [0.5, 0.6) is 11.5 Å². The molecule has 4 heteroatoms. The Morgan fingerprint density at radius 1 is 1.25 bits per heavy atom. The molecular weight excluding hydrogens is 181 g/mol. The quantitative estimate of drug-likeness (QED) is 0.366. The van der Waals surface area contributed by atoms with Crippen LogP contribution in [0.2, 0.25) is 0 Å². The average molecular weight is 193 g/mol. The van der Waals surface area contributed by atoms with Gasteiger partial charge in [-0.3, -0.25) is 0 Å². The molecule has 0 aliphatic heterocycles. The van der Waals surface area contributed by atoms with Crippen LogP contribution in [0.4, 0.5) is 0 Å².